The zero-order valence-electron chi connectivity index (χ0n) is 17.0. The van der Waals surface area contributed by atoms with Crippen molar-refractivity contribution in [1.29, 1.82) is 0 Å². The summed E-state index contributed by atoms with van der Waals surface area (Å²) in [5.41, 5.74) is 5.40. The van der Waals surface area contributed by atoms with Crippen molar-refractivity contribution >= 4 is 28.9 Å². The minimum Gasteiger partial charge on any atom is -0.508 e. The maximum atomic E-state index is 13.3. The van der Waals surface area contributed by atoms with Gasteiger partial charge in [0.2, 0.25) is 0 Å². The third-order valence-corrected chi connectivity index (χ3v) is 5.68. The highest BCUT2D eigenvalue weighted by Gasteiger charge is 2.30. The second-order valence-electron chi connectivity index (χ2n) is 7.48. The first-order chi connectivity index (χ1) is 14.5. The Morgan fingerprint density at radius 3 is 2.50 bits per heavy atom. The number of benzene rings is 3. The second kappa shape index (κ2) is 8.33. The number of aromatic hydroxyl groups is 1. The first-order valence-electron chi connectivity index (χ1n) is 9.98. The van der Waals surface area contributed by atoms with E-state index in [1.165, 1.54) is 5.56 Å². The fraction of sp³-hybridized carbons (Fsp3) is 0.200. The van der Waals surface area contributed by atoms with Gasteiger partial charge in [-0.05, 0) is 60.0 Å². The zero-order valence-corrected chi connectivity index (χ0v) is 17.7. The molecule has 4 rings (SSSR count). The summed E-state index contributed by atoms with van der Waals surface area (Å²) in [5.74, 6) is 0.120. The van der Waals surface area contributed by atoms with E-state index >= 15 is 0 Å². The Kier molecular flexibility index (Phi) is 5.60. The van der Waals surface area contributed by atoms with Crippen LogP contribution in [0.2, 0.25) is 5.02 Å². The highest BCUT2D eigenvalue weighted by molar-refractivity contribution is 6.32. The van der Waals surface area contributed by atoms with Gasteiger partial charge in [-0.3, -0.25) is 9.79 Å². The molecule has 152 valence electrons. The largest absolute Gasteiger partial charge is 0.508 e. The fourth-order valence-electron chi connectivity index (χ4n) is 3.80. The van der Waals surface area contributed by atoms with Gasteiger partial charge in [-0.1, -0.05) is 42.8 Å². The monoisotopic (exact) mass is 418 g/mol. The van der Waals surface area contributed by atoms with Gasteiger partial charge in [-0.15, -0.1) is 0 Å². The van der Waals surface area contributed by atoms with Crippen molar-refractivity contribution in [1.82, 2.24) is 0 Å². The van der Waals surface area contributed by atoms with Crippen LogP contribution in [0.1, 0.15) is 29.2 Å². The number of carbonyl (C=O) groups excluding carboxylic acids is 1. The summed E-state index contributed by atoms with van der Waals surface area (Å²) in [7, 11) is 1.78. The van der Waals surface area contributed by atoms with E-state index in [1.807, 2.05) is 36.4 Å². The molecule has 0 saturated heterocycles. The molecule has 1 aliphatic heterocycles. The molecule has 5 heteroatoms. The van der Waals surface area contributed by atoms with E-state index in [2.05, 4.69) is 19.1 Å². The molecule has 0 bridgehead atoms. The summed E-state index contributed by atoms with van der Waals surface area (Å²) in [4.78, 5) is 19.9. The molecule has 1 amide bonds. The Balaban J connectivity index is 1.84. The van der Waals surface area contributed by atoms with Crippen molar-refractivity contribution in [2.75, 3.05) is 11.9 Å². The average molecular weight is 419 g/mol. The lowest BCUT2D eigenvalue weighted by atomic mass is 9.99. The number of nitrogens with zero attached hydrogens (tertiary/aromatic N) is 2. The third-order valence-electron chi connectivity index (χ3n) is 5.45. The molecule has 1 unspecified atom stereocenters. The molecule has 3 aromatic rings. The van der Waals surface area contributed by atoms with Gasteiger partial charge in [0.05, 0.1) is 11.4 Å². The van der Waals surface area contributed by atoms with E-state index in [9.17, 15) is 9.90 Å². The molecule has 0 spiro atoms. The Morgan fingerprint density at radius 2 is 1.77 bits per heavy atom. The van der Waals surface area contributed by atoms with Gasteiger partial charge in [0.25, 0.3) is 5.91 Å². The fourth-order valence-corrected chi connectivity index (χ4v) is 3.97. The SMILES string of the molecule is CCc1cccc(CC2N=C(c3ccc(O)cc3)c3cc(Cl)ccc3N(C)C2=O)c1. The number of carbonyl (C=O) groups is 1. The standard InChI is InChI=1S/C25H23ClN2O2/c1-3-16-5-4-6-17(13-16)14-22-25(30)28(2)23-12-9-19(26)15-21(23)24(27-22)18-7-10-20(29)11-8-18/h4-13,15,22,29H,3,14H2,1-2H3. The minimum absolute atomic E-state index is 0.0609. The highest BCUT2D eigenvalue weighted by Crippen LogP contribution is 2.31. The van der Waals surface area contributed by atoms with Crippen LogP contribution in [0.4, 0.5) is 5.69 Å². The summed E-state index contributed by atoms with van der Waals surface area (Å²) in [5, 5.41) is 10.3. The van der Waals surface area contributed by atoms with Crippen molar-refractivity contribution in [2.45, 2.75) is 25.8 Å². The quantitative estimate of drug-likeness (QED) is 0.645. The smallest absolute Gasteiger partial charge is 0.251 e. The summed E-state index contributed by atoms with van der Waals surface area (Å²) < 4.78 is 0. The number of halogens is 1. The van der Waals surface area contributed by atoms with Crippen molar-refractivity contribution in [3.8, 4) is 5.75 Å². The predicted octanol–water partition coefficient (Wildman–Crippen LogP) is 5.03. The Hall–Kier alpha value is -3.11. The number of aliphatic imine (C=N–C) groups is 1. The van der Waals surface area contributed by atoms with Crippen LogP contribution in [-0.4, -0.2) is 29.8 Å². The summed E-state index contributed by atoms with van der Waals surface area (Å²) in [6, 6.07) is 20.1. The van der Waals surface area contributed by atoms with Crippen LogP contribution in [0.25, 0.3) is 0 Å². The van der Waals surface area contributed by atoms with Gasteiger partial charge in [0, 0.05) is 29.6 Å². The number of fused-ring (bicyclic) bond motifs is 1. The van der Waals surface area contributed by atoms with Gasteiger partial charge in [0.15, 0.2) is 0 Å². The molecule has 0 aromatic heterocycles. The number of aryl methyl sites for hydroxylation is 1. The molecule has 0 aliphatic carbocycles. The molecule has 0 saturated carbocycles. The van der Waals surface area contributed by atoms with Crippen molar-refractivity contribution < 1.29 is 9.90 Å². The van der Waals surface area contributed by atoms with Crippen molar-refractivity contribution in [3.05, 3.63) is 94.0 Å². The Bertz CT molecular complexity index is 1120. The average Bonchev–Trinajstić information content (AvgIpc) is 2.85. The molecule has 1 atom stereocenters. The van der Waals surface area contributed by atoms with Crippen LogP contribution in [0.3, 0.4) is 0 Å². The highest BCUT2D eigenvalue weighted by atomic mass is 35.5. The molecular weight excluding hydrogens is 396 g/mol. The van der Waals surface area contributed by atoms with E-state index < -0.39 is 6.04 Å². The molecule has 1 N–H and O–H groups in total. The first kappa shape index (κ1) is 20.2. The van der Waals surface area contributed by atoms with Crippen LogP contribution in [0.15, 0.2) is 71.7 Å². The summed E-state index contributed by atoms with van der Waals surface area (Å²) in [6.07, 6.45) is 1.46. The number of benzodiazepines with no additional fused rings is 1. The second-order valence-corrected chi connectivity index (χ2v) is 7.91. The summed E-state index contributed by atoms with van der Waals surface area (Å²) >= 11 is 6.29. The first-order valence-corrected chi connectivity index (χ1v) is 10.4. The molecule has 0 radical (unpaired) electrons. The normalized spacial score (nSPS) is 16.1. The van der Waals surface area contributed by atoms with Crippen LogP contribution in [0.5, 0.6) is 5.75 Å². The van der Waals surface area contributed by atoms with Gasteiger partial charge in [0.1, 0.15) is 11.8 Å². The number of amides is 1. The third kappa shape index (κ3) is 3.96. The van der Waals surface area contributed by atoms with E-state index in [4.69, 9.17) is 16.6 Å². The molecule has 4 nitrogen and oxygen atoms in total. The lowest BCUT2D eigenvalue weighted by molar-refractivity contribution is -0.119. The zero-order chi connectivity index (χ0) is 21.3. The van der Waals surface area contributed by atoms with Crippen molar-refractivity contribution in [3.63, 3.8) is 0 Å². The number of hydrogen-bond acceptors (Lipinski definition) is 3. The minimum atomic E-state index is -0.558. The predicted molar refractivity (Wildman–Crippen MR) is 122 cm³/mol. The maximum absolute atomic E-state index is 13.3. The molecule has 3 aromatic carbocycles. The molecular formula is C25H23ClN2O2. The number of likely N-dealkylation sites (N-methyl/N-ethyl adjacent to an activating group) is 1. The molecule has 0 fully saturated rings. The topological polar surface area (TPSA) is 52.9 Å². The maximum Gasteiger partial charge on any atom is 0.251 e. The number of hydrogen-bond donors (Lipinski definition) is 1. The lowest BCUT2D eigenvalue weighted by Crippen LogP contribution is -2.36. The van der Waals surface area contributed by atoms with Gasteiger partial charge >= 0.3 is 0 Å². The van der Waals surface area contributed by atoms with E-state index in [0.29, 0.717) is 17.2 Å². The van der Waals surface area contributed by atoms with E-state index in [1.54, 1.807) is 30.1 Å². The van der Waals surface area contributed by atoms with E-state index in [0.717, 1.165) is 28.8 Å². The summed E-state index contributed by atoms with van der Waals surface area (Å²) in [6.45, 7) is 2.12. The van der Waals surface area contributed by atoms with Crippen LogP contribution >= 0.6 is 11.6 Å². The van der Waals surface area contributed by atoms with Crippen LogP contribution in [-0.2, 0) is 17.6 Å². The van der Waals surface area contributed by atoms with Crippen molar-refractivity contribution in [2.24, 2.45) is 4.99 Å². The Labute approximate surface area is 181 Å². The molecule has 30 heavy (non-hydrogen) atoms. The molecule has 1 heterocycles. The number of phenols is 1. The number of anilines is 1. The van der Waals surface area contributed by atoms with Crippen LogP contribution < -0.4 is 4.90 Å². The van der Waals surface area contributed by atoms with Gasteiger partial charge in [-0.25, -0.2) is 0 Å². The van der Waals surface area contributed by atoms with Gasteiger partial charge < -0.3 is 10.0 Å². The Morgan fingerprint density at radius 1 is 1.03 bits per heavy atom. The van der Waals surface area contributed by atoms with Crippen LogP contribution in [0, 0.1) is 0 Å². The van der Waals surface area contributed by atoms with E-state index in [-0.39, 0.29) is 11.7 Å². The lowest BCUT2D eigenvalue weighted by Gasteiger charge is -2.20. The number of phenolic OH excluding ortho intramolecular Hbond substituents is 1. The molecule has 1 aliphatic rings. The number of rotatable bonds is 4. The van der Waals surface area contributed by atoms with Gasteiger partial charge in [-0.2, -0.15) is 0 Å².